The molecule has 0 bridgehead atoms. The molecule has 2 heterocycles. The number of benzene rings is 1. The fraction of sp³-hybridized carbons (Fsp3) is 0.286. The molecule has 5 heteroatoms. The summed E-state index contributed by atoms with van der Waals surface area (Å²) in [5.74, 6) is 1.99. The highest BCUT2D eigenvalue weighted by Gasteiger charge is 2.21. The van der Waals surface area contributed by atoms with Gasteiger partial charge in [0.1, 0.15) is 11.6 Å². The molecule has 0 saturated heterocycles. The molecule has 1 atom stereocenters. The molecule has 5 nitrogen and oxygen atoms in total. The predicted octanol–water partition coefficient (Wildman–Crippen LogP) is 2.30. The third-order valence-electron chi connectivity index (χ3n) is 3.15. The van der Waals surface area contributed by atoms with E-state index in [0.717, 1.165) is 29.2 Å². The van der Waals surface area contributed by atoms with E-state index < -0.39 is 0 Å². The molecule has 2 aromatic rings. The minimum absolute atomic E-state index is 0.193. The maximum Gasteiger partial charge on any atom is 0.222 e. The maximum atomic E-state index is 5.67. The van der Waals surface area contributed by atoms with E-state index in [-0.39, 0.29) is 6.04 Å². The van der Waals surface area contributed by atoms with Crippen LogP contribution in [0.3, 0.4) is 0 Å². The summed E-state index contributed by atoms with van der Waals surface area (Å²) in [4.78, 5) is 8.29. The van der Waals surface area contributed by atoms with E-state index in [0.29, 0.717) is 12.6 Å². The number of ether oxygens (including phenoxy) is 1. The fourth-order valence-corrected chi connectivity index (χ4v) is 2.34. The molecule has 0 saturated carbocycles. The first-order valence-corrected chi connectivity index (χ1v) is 6.32. The molecule has 1 unspecified atom stereocenters. The average Bonchev–Trinajstić information content (AvgIpc) is 2.38. The summed E-state index contributed by atoms with van der Waals surface area (Å²) in [6.45, 7) is 2.61. The van der Waals surface area contributed by atoms with Crippen LogP contribution in [0.2, 0.25) is 0 Å². The Morgan fingerprint density at radius 2 is 2.16 bits per heavy atom. The van der Waals surface area contributed by atoms with Gasteiger partial charge in [-0.2, -0.15) is 4.98 Å². The molecule has 1 aliphatic rings. The van der Waals surface area contributed by atoms with Crippen molar-refractivity contribution in [1.82, 2.24) is 9.97 Å². The van der Waals surface area contributed by atoms with Gasteiger partial charge in [0.15, 0.2) is 0 Å². The van der Waals surface area contributed by atoms with Crippen molar-refractivity contribution >= 4 is 11.8 Å². The minimum atomic E-state index is 0.193. The van der Waals surface area contributed by atoms with Gasteiger partial charge in [0.2, 0.25) is 5.95 Å². The number of nitrogens with one attached hydrogen (secondary N) is 1. The van der Waals surface area contributed by atoms with Gasteiger partial charge in [0.05, 0.1) is 12.6 Å². The van der Waals surface area contributed by atoms with Gasteiger partial charge in [-0.25, -0.2) is 4.98 Å². The molecule has 1 aromatic heterocycles. The van der Waals surface area contributed by atoms with Crippen LogP contribution >= 0.6 is 0 Å². The highest BCUT2D eigenvalue weighted by atomic mass is 16.5. The zero-order valence-electron chi connectivity index (χ0n) is 10.8. The summed E-state index contributed by atoms with van der Waals surface area (Å²) in [5.41, 5.74) is 7.69. The van der Waals surface area contributed by atoms with Crippen LogP contribution in [-0.4, -0.2) is 16.6 Å². The third-order valence-corrected chi connectivity index (χ3v) is 3.15. The zero-order valence-corrected chi connectivity index (χ0v) is 10.8. The Labute approximate surface area is 111 Å². The van der Waals surface area contributed by atoms with Crippen LogP contribution in [0.25, 0.3) is 0 Å². The Balaban J connectivity index is 1.88. The lowest BCUT2D eigenvalue weighted by molar-refractivity contribution is 0.274. The van der Waals surface area contributed by atoms with E-state index in [1.54, 1.807) is 0 Å². The van der Waals surface area contributed by atoms with Crippen LogP contribution in [0.15, 0.2) is 30.3 Å². The SMILES string of the molecule is Cc1cc(NC2CCOc3ccccc32)nc(N)n1. The molecule has 0 fully saturated rings. The van der Waals surface area contributed by atoms with Crippen molar-refractivity contribution < 1.29 is 4.74 Å². The Morgan fingerprint density at radius 3 is 3.00 bits per heavy atom. The van der Waals surface area contributed by atoms with Gasteiger partial charge in [-0.1, -0.05) is 18.2 Å². The van der Waals surface area contributed by atoms with E-state index in [1.807, 2.05) is 31.2 Å². The first-order chi connectivity index (χ1) is 9.22. The molecule has 0 aliphatic carbocycles. The Kier molecular flexibility index (Phi) is 2.95. The van der Waals surface area contributed by atoms with Gasteiger partial charge < -0.3 is 15.8 Å². The molecule has 1 aromatic carbocycles. The molecule has 98 valence electrons. The number of aromatic nitrogens is 2. The van der Waals surface area contributed by atoms with Crippen LogP contribution in [0, 0.1) is 6.92 Å². The van der Waals surface area contributed by atoms with Gasteiger partial charge in [-0.05, 0) is 13.0 Å². The lowest BCUT2D eigenvalue weighted by atomic mass is 10.0. The third kappa shape index (κ3) is 2.45. The van der Waals surface area contributed by atoms with E-state index in [1.165, 1.54) is 0 Å². The van der Waals surface area contributed by atoms with Crippen molar-refractivity contribution in [3.05, 3.63) is 41.6 Å². The van der Waals surface area contributed by atoms with E-state index in [2.05, 4.69) is 21.4 Å². The van der Waals surface area contributed by atoms with E-state index in [9.17, 15) is 0 Å². The fourth-order valence-electron chi connectivity index (χ4n) is 2.34. The summed E-state index contributed by atoms with van der Waals surface area (Å²) in [7, 11) is 0. The number of nitrogen functional groups attached to an aromatic ring is 1. The molecule has 19 heavy (non-hydrogen) atoms. The van der Waals surface area contributed by atoms with Crippen molar-refractivity contribution in [2.24, 2.45) is 0 Å². The van der Waals surface area contributed by atoms with Crippen molar-refractivity contribution in [1.29, 1.82) is 0 Å². The second-order valence-electron chi connectivity index (χ2n) is 4.62. The number of nitrogens with two attached hydrogens (primary N) is 1. The molecule has 3 N–H and O–H groups in total. The van der Waals surface area contributed by atoms with Crippen molar-refractivity contribution in [2.45, 2.75) is 19.4 Å². The molecule has 3 rings (SSSR count). The van der Waals surface area contributed by atoms with Gasteiger partial charge in [0, 0.05) is 23.7 Å². The average molecular weight is 256 g/mol. The standard InChI is InChI=1S/C14H16N4O/c1-9-8-13(18-14(15)16-9)17-11-6-7-19-12-5-3-2-4-10(11)12/h2-5,8,11H,6-7H2,1H3,(H3,15,16,17,18). The number of hydrogen-bond acceptors (Lipinski definition) is 5. The van der Waals surface area contributed by atoms with Gasteiger partial charge >= 0.3 is 0 Å². The number of fused-ring (bicyclic) bond motifs is 1. The summed E-state index contributed by atoms with van der Waals surface area (Å²) in [6, 6.07) is 10.1. The molecule has 0 spiro atoms. The molecule has 0 radical (unpaired) electrons. The first-order valence-electron chi connectivity index (χ1n) is 6.32. The lowest BCUT2D eigenvalue weighted by Gasteiger charge is -2.27. The zero-order chi connectivity index (χ0) is 13.2. The van der Waals surface area contributed by atoms with Gasteiger partial charge in [-0.15, -0.1) is 0 Å². The molecule has 0 amide bonds. The number of hydrogen-bond donors (Lipinski definition) is 2. The monoisotopic (exact) mass is 256 g/mol. The smallest absolute Gasteiger partial charge is 0.222 e. The summed E-state index contributed by atoms with van der Waals surface area (Å²) in [5, 5.41) is 3.41. The highest BCUT2D eigenvalue weighted by Crippen LogP contribution is 2.33. The number of rotatable bonds is 2. The maximum absolute atomic E-state index is 5.67. The van der Waals surface area contributed by atoms with Crippen LogP contribution in [-0.2, 0) is 0 Å². The second-order valence-corrected chi connectivity index (χ2v) is 4.62. The molecular weight excluding hydrogens is 240 g/mol. The number of aryl methyl sites for hydroxylation is 1. The lowest BCUT2D eigenvalue weighted by Crippen LogP contribution is -2.21. The summed E-state index contributed by atoms with van der Waals surface area (Å²) < 4.78 is 5.64. The largest absolute Gasteiger partial charge is 0.493 e. The Bertz CT molecular complexity index is 579. The first kappa shape index (κ1) is 11.8. The molecular formula is C14H16N4O. The quantitative estimate of drug-likeness (QED) is 0.862. The number of anilines is 2. The topological polar surface area (TPSA) is 73.1 Å². The van der Waals surface area contributed by atoms with Crippen LogP contribution in [0.5, 0.6) is 5.75 Å². The van der Waals surface area contributed by atoms with Crippen LogP contribution < -0.4 is 15.8 Å². The summed E-state index contributed by atoms with van der Waals surface area (Å²) in [6.07, 6.45) is 0.903. The van der Waals surface area contributed by atoms with Crippen molar-refractivity contribution in [3.63, 3.8) is 0 Å². The Hall–Kier alpha value is -2.30. The van der Waals surface area contributed by atoms with Crippen molar-refractivity contribution in [2.75, 3.05) is 17.7 Å². The second kappa shape index (κ2) is 4.76. The highest BCUT2D eigenvalue weighted by molar-refractivity contribution is 5.46. The normalized spacial score (nSPS) is 17.4. The number of para-hydroxylation sites is 1. The van der Waals surface area contributed by atoms with E-state index in [4.69, 9.17) is 10.5 Å². The van der Waals surface area contributed by atoms with Crippen molar-refractivity contribution in [3.8, 4) is 5.75 Å². The predicted molar refractivity (Wildman–Crippen MR) is 74.1 cm³/mol. The summed E-state index contributed by atoms with van der Waals surface area (Å²) >= 11 is 0. The molecule has 1 aliphatic heterocycles. The van der Waals surface area contributed by atoms with Gasteiger partial charge in [-0.3, -0.25) is 0 Å². The van der Waals surface area contributed by atoms with Crippen LogP contribution in [0.1, 0.15) is 23.7 Å². The minimum Gasteiger partial charge on any atom is -0.493 e. The van der Waals surface area contributed by atoms with Crippen LogP contribution in [0.4, 0.5) is 11.8 Å². The van der Waals surface area contributed by atoms with E-state index >= 15 is 0 Å². The number of nitrogens with zero attached hydrogens (tertiary/aromatic N) is 2. The Morgan fingerprint density at radius 1 is 1.32 bits per heavy atom. The van der Waals surface area contributed by atoms with Gasteiger partial charge in [0.25, 0.3) is 0 Å².